The molecule has 27 heavy (non-hydrogen) atoms. The predicted molar refractivity (Wildman–Crippen MR) is 113 cm³/mol. The summed E-state index contributed by atoms with van der Waals surface area (Å²) in [5.74, 6) is 1.31. The second kappa shape index (κ2) is 8.23. The van der Waals surface area contributed by atoms with Gasteiger partial charge in [-0.25, -0.2) is 9.97 Å². The van der Waals surface area contributed by atoms with Gasteiger partial charge in [-0.2, -0.15) is 0 Å². The molecule has 1 aliphatic rings. The van der Waals surface area contributed by atoms with E-state index in [0.29, 0.717) is 19.1 Å². The van der Waals surface area contributed by atoms with Crippen LogP contribution in [0.25, 0.3) is 10.9 Å². The van der Waals surface area contributed by atoms with Gasteiger partial charge < -0.3 is 15.3 Å². The highest BCUT2D eigenvalue weighted by molar-refractivity contribution is 9.10. The van der Waals surface area contributed by atoms with Gasteiger partial charge in [-0.3, -0.25) is 0 Å². The van der Waals surface area contributed by atoms with Crippen LogP contribution in [0, 0.1) is 5.92 Å². The quantitative estimate of drug-likeness (QED) is 0.639. The molecule has 0 amide bonds. The number of rotatable bonds is 5. The normalized spacial score (nSPS) is 15.3. The topological polar surface area (TPSA) is 61.3 Å². The fraction of sp³-hybridized carbons (Fsp3) is 0.333. The zero-order chi connectivity index (χ0) is 18.6. The Morgan fingerprint density at radius 1 is 1.07 bits per heavy atom. The minimum Gasteiger partial charge on any atom is -0.396 e. The number of hydrogen-bond acceptors (Lipinski definition) is 5. The summed E-state index contributed by atoms with van der Waals surface area (Å²) in [6.07, 6.45) is 3.73. The molecule has 0 aliphatic carbocycles. The summed E-state index contributed by atoms with van der Waals surface area (Å²) >= 11 is 3.51. The molecule has 5 nitrogen and oxygen atoms in total. The van der Waals surface area contributed by atoms with Crippen molar-refractivity contribution in [2.24, 2.45) is 5.92 Å². The number of aliphatic hydroxyl groups excluding tert-OH is 1. The first-order chi connectivity index (χ1) is 13.2. The largest absolute Gasteiger partial charge is 0.396 e. The molecular weight excluding hydrogens is 404 g/mol. The molecule has 0 unspecified atom stereocenters. The van der Waals surface area contributed by atoms with Crippen LogP contribution in [-0.2, 0) is 6.54 Å². The highest BCUT2D eigenvalue weighted by Gasteiger charge is 2.18. The molecule has 1 aromatic heterocycles. The van der Waals surface area contributed by atoms with Crippen molar-refractivity contribution in [1.82, 2.24) is 9.97 Å². The van der Waals surface area contributed by atoms with Gasteiger partial charge in [0.1, 0.15) is 12.1 Å². The van der Waals surface area contributed by atoms with E-state index < -0.39 is 0 Å². The Morgan fingerprint density at radius 3 is 2.59 bits per heavy atom. The monoisotopic (exact) mass is 426 g/mol. The average Bonchev–Trinajstić information content (AvgIpc) is 2.73. The summed E-state index contributed by atoms with van der Waals surface area (Å²) in [6, 6.07) is 14.7. The highest BCUT2D eigenvalue weighted by Crippen LogP contribution is 2.25. The Bertz CT molecular complexity index is 908. The summed E-state index contributed by atoms with van der Waals surface area (Å²) in [4.78, 5) is 11.1. The van der Waals surface area contributed by atoms with E-state index in [1.807, 2.05) is 18.2 Å². The van der Waals surface area contributed by atoms with Gasteiger partial charge >= 0.3 is 0 Å². The van der Waals surface area contributed by atoms with Gasteiger partial charge in [0.2, 0.25) is 0 Å². The molecule has 2 aromatic carbocycles. The van der Waals surface area contributed by atoms with Gasteiger partial charge in [-0.15, -0.1) is 0 Å². The molecule has 1 saturated heterocycles. The van der Waals surface area contributed by atoms with Crippen molar-refractivity contribution in [1.29, 1.82) is 0 Å². The number of piperidine rings is 1. The summed E-state index contributed by atoms with van der Waals surface area (Å²) < 4.78 is 1.02. The lowest BCUT2D eigenvalue weighted by Gasteiger charge is -2.33. The molecule has 0 radical (unpaired) electrons. The van der Waals surface area contributed by atoms with Crippen LogP contribution < -0.4 is 10.2 Å². The molecule has 2 N–H and O–H groups in total. The van der Waals surface area contributed by atoms with Gasteiger partial charge in [-0.1, -0.05) is 28.1 Å². The third-order valence-electron chi connectivity index (χ3n) is 5.23. The van der Waals surface area contributed by atoms with Crippen LogP contribution in [0.4, 0.5) is 11.5 Å². The number of hydrogen-bond donors (Lipinski definition) is 2. The zero-order valence-electron chi connectivity index (χ0n) is 15.1. The van der Waals surface area contributed by atoms with Crippen molar-refractivity contribution in [2.75, 3.05) is 29.9 Å². The molecule has 6 heteroatoms. The van der Waals surface area contributed by atoms with Crippen LogP contribution in [0.3, 0.4) is 0 Å². The van der Waals surface area contributed by atoms with Crippen LogP contribution in [0.1, 0.15) is 18.4 Å². The first-order valence-corrected chi connectivity index (χ1v) is 10.1. The molecule has 1 fully saturated rings. The van der Waals surface area contributed by atoms with Crippen molar-refractivity contribution in [3.63, 3.8) is 0 Å². The molecule has 1 aliphatic heterocycles. The predicted octanol–water partition coefficient (Wildman–Crippen LogP) is 4.21. The maximum absolute atomic E-state index is 9.28. The minimum atomic E-state index is 0.312. The molecule has 2 heterocycles. The van der Waals surface area contributed by atoms with E-state index in [9.17, 15) is 5.11 Å². The van der Waals surface area contributed by atoms with Crippen LogP contribution in [-0.4, -0.2) is 34.8 Å². The van der Waals surface area contributed by atoms with Crippen LogP contribution >= 0.6 is 15.9 Å². The fourth-order valence-corrected chi connectivity index (χ4v) is 3.91. The first-order valence-electron chi connectivity index (χ1n) is 9.32. The van der Waals surface area contributed by atoms with Crippen LogP contribution in [0.5, 0.6) is 0 Å². The van der Waals surface area contributed by atoms with Crippen LogP contribution in [0.2, 0.25) is 0 Å². The highest BCUT2D eigenvalue weighted by atomic mass is 79.9. The second-order valence-electron chi connectivity index (χ2n) is 7.02. The lowest BCUT2D eigenvalue weighted by atomic mass is 9.97. The van der Waals surface area contributed by atoms with Gasteiger partial charge in [0, 0.05) is 41.8 Å². The zero-order valence-corrected chi connectivity index (χ0v) is 16.7. The lowest BCUT2D eigenvalue weighted by Crippen LogP contribution is -2.34. The summed E-state index contributed by atoms with van der Waals surface area (Å²) in [6.45, 7) is 3.06. The smallest absolute Gasteiger partial charge is 0.137 e. The van der Waals surface area contributed by atoms with Gasteiger partial charge in [0.05, 0.1) is 5.52 Å². The average molecular weight is 427 g/mol. The fourth-order valence-electron chi connectivity index (χ4n) is 3.55. The van der Waals surface area contributed by atoms with Crippen molar-refractivity contribution in [3.8, 4) is 0 Å². The van der Waals surface area contributed by atoms with Gasteiger partial charge in [-0.05, 0) is 54.7 Å². The SMILES string of the molecule is OCC1CCN(c2ccc(CNc3ncnc4ccc(Br)cc34)cc2)CC1. The van der Waals surface area contributed by atoms with Crippen LogP contribution in [0.15, 0.2) is 53.3 Å². The van der Waals surface area contributed by atoms with Crippen molar-refractivity contribution >= 4 is 38.3 Å². The molecule has 140 valence electrons. The van der Waals surface area contributed by atoms with Gasteiger partial charge in [0.25, 0.3) is 0 Å². The minimum absolute atomic E-state index is 0.312. The Labute approximate surface area is 167 Å². The molecular formula is C21H23BrN4O. The Morgan fingerprint density at radius 2 is 1.85 bits per heavy atom. The summed E-state index contributed by atoms with van der Waals surface area (Å²) in [5.41, 5.74) is 3.40. The number of halogens is 1. The Balaban J connectivity index is 1.42. The third kappa shape index (κ3) is 4.22. The third-order valence-corrected chi connectivity index (χ3v) is 5.72. The number of benzene rings is 2. The number of anilines is 2. The molecule has 0 spiro atoms. The number of nitrogens with one attached hydrogen (secondary N) is 1. The van der Waals surface area contributed by atoms with E-state index in [2.05, 4.69) is 60.4 Å². The van der Waals surface area contributed by atoms with E-state index in [1.54, 1.807) is 6.33 Å². The Kier molecular flexibility index (Phi) is 5.55. The first kappa shape index (κ1) is 18.2. The van der Waals surface area contributed by atoms with E-state index in [4.69, 9.17) is 0 Å². The lowest BCUT2D eigenvalue weighted by molar-refractivity contribution is 0.203. The maximum Gasteiger partial charge on any atom is 0.137 e. The van der Waals surface area contributed by atoms with Crippen molar-refractivity contribution in [3.05, 3.63) is 58.8 Å². The standard InChI is InChI=1S/C21H23BrN4O/c22-17-3-6-20-19(11-17)21(25-14-24-20)23-12-15-1-4-18(5-2-15)26-9-7-16(13-27)8-10-26/h1-6,11,14,16,27H,7-10,12-13H2,(H,23,24,25). The summed E-state index contributed by atoms with van der Waals surface area (Å²) in [5, 5.41) is 13.7. The number of aliphatic hydroxyl groups is 1. The van der Waals surface area contributed by atoms with Gasteiger partial charge in [0.15, 0.2) is 0 Å². The molecule has 4 rings (SSSR count). The molecule has 0 bridgehead atoms. The van der Waals surface area contributed by atoms with E-state index in [0.717, 1.165) is 47.1 Å². The molecule has 0 saturated carbocycles. The van der Waals surface area contributed by atoms with Crippen molar-refractivity contribution in [2.45, 2.75) is 19.4 Å². The molecule has 0 atom stereocenters. The van der Waals surface area contributed by atoms with E-state index in [1.165, 1.54) is 11.3 Å². The summed E-state index contributed by atoms with van der Waals surface area (Å²) in [7, 11) is 0. The number of aromatic nitrogens is 2. The van der Waals surface area contributed by atoms with Crippen molar-refractivity contribution < 1.29 is 5.11 Å². The van der Waals surface area contributed by atoms with E-state index >= 15 is 0 Å². The number of fused-ring (bicyclic) bond motifs is 1. The maximum atomic E-state index is 9.28. The second-order valence-corrected chi connectivity index (χ2v) is 7.93. The van der Waals surface area contributed by atoms with E-state index in [-0.39, 0.29) is 0 Å². The number of nitrogens with zero attached hydrogens (tertiary/aromatic N) is 3. The molecule has 3 aromatic rings. The Hall–Kier alpha value is -2.18.